The summed E-state index contributed by atoms with van der Waals surface area (Å²) in [6.07, 6.45) is 1.64. The second kappa shape index (κ2) is 8.15. The van der Waals surface area contributed by atoms with Crippen LogP contribution in [0.2, 0.25) is 0 Å². The fraction of sp³-hybridized carbons (Fsp3) is 0.556. The summed E-state index contributed by atoms with van der Waals surface area (Å²) in [6, 6.07) is 4.49. The highest BCUT2D eigenvalue weighted by Crippen LogP contribution is 2.30. The summed E-state index contributed by atoms with van der Waals surface area (Å²) in [5.74, 6) is -0.593. The second-order valence-electron chi connectivity index (χ2n) is 6.41. The average molecular weight is 335 g/mol. The molecule has 6 nitrogen and oxygen atoms in total. The smallest absolute Gasteiger partial charge is 0.335 e. The van der Waals surface area contributed by atoms with E-state index in [-0.39, 0.29) is 29.4 Å². The molecule has 1 aliphatic rings. The van der Waals surface area contributed by atoms with Gasteiger partial charge in [-0.3, -0.25) is 4.79 Å². The van der Waals surface area contributed by atoms with Crippen molar-refractivity contribution in [2.75, 3.05) is 18.5 Å². The zero-order valence-corrected chi connectivity index (χ0v) is 14.4. The number of rotatable bonds is 6. The van der Waals surface area contributed by atoms with E-state index in [1.54, 1.807) is 6.07 Å². The molecule has 2 rings (SSSR count). The minimum Gasteiger partial charge on any atom is -0.489 e. The molecule has 0 bridgehead atoms. The van der Waals surface area contributed by atoms with Crippen LogP contribution in [0.4, 0.5) is 5.69 Å². The number of aromatic carboxylic acids is 1. The summed E-state index contributed by atoms with van der Waals surface area (Å²) in [6.45, 7) is 7.01. The van der Waals surface area contributed by atoms with Crippen molar-refractivity contribution in [1.29, 1.82) is 0 Å². The number of carboxylic acids is 1. The van der Waals surface area contributed by atoms with Crippen LogP contribution in [0.25, 0.3) is 0 Å². The van der Waals surface area contributed by atoms with Gasteiger partial charge in [-0.25, -0.2) is 4.79 Å². The van der Waals surface area contributed by atoms with Gasteiger partial charge in [-0.05, 0) is 50.8 Å². The minimum absolute atomic E-state index is 0.0794. The van der Waals surface area contributed by atoms with Crippen LogP contribution < -0.4 is 10.1 Å². The van der Waals surface area contributed by atoms with Crippen molar-refractivity contribution in [2.24, 2.45) is 11.8 Å². The first-order valence-electron chi connectivity index (χ1n) is 8.31. The van der Waals surface area contributed by atoms with Gasteiger partial charge in [-0.1, -0.05) is 6.92 Å². The van der Waals surface area contributed by atoms with Crippen LogP contribution in [0.5, 0.6) is 5.75 Å². The Morgan fingerprint density at radius 2 is 1.92 bits per heavy atom. The predicted octanol–water partition coefficient (Wildman–Crippen LogP) is 3.17. The largest absolute Gasteiger partial charge is 0.489 e. The number of hydrogen-bond acceptors (Lipinski definition) is 4. The number of carbonyl (C=O) groups is 2. The fourth-order valence-corrected chi connectivity index (χ4v) is 2.79. The number of benzene rings is 1. The van der Waals surface area contributed by atoms with Crippen molar-refractivity contribution in [3.8, 4) is 5.75 Å². The summed E-state index contributed by atoms with van der Waals surface area (Å²) in [4.78, 5) is 23.8. The van der Waals surface area contributed by atoms with Crippen molar-refractivity contribution in [3.63, 3.8) is 0 Å². The summed E-state index contributed by atoms with van der Waals surface area (Å²) in [5, 5.41) is 12.0. The Hall–Kier alpha value is -2.08. The summed E-state index contributed by atoms with van der Waals surface area (Å²) in [5.41, 5.74) is 0.507. The highest BCUT2D eigenvalue weighted by atomic mass is 16.5. The summed E-state index contributed by atoms with van der Waals surface area (Å²) >= 11 is 0. The normalized spacial score (nSPS) is 16.7. The van der Waals surface area contributed by atoms with E-state index in [9.17, 15) is 9.59 Å². The molecule has 1 aromatic carbocycles. The average Bonchev–Trinajstić information content (AvgIpc) is 2.55. The lowest BCUT2D eigenvalue weighted by atomic mass is 9.86. The monoisotopic (exact) mass is 335 g/mol. The molecule has 132 valence electrons. The van der Waals surface area contributed by atoms with Gasteiger partial charge in [0.2, 0.25) is 5.91 Å². The number of nitrogens with one attached hydrogen (secondary N) is 1. The molecule has 1 aliphatic heterocycles. The first-order valence-corrected chi connectivity index (χ1v) is 8.31. The van der Waals surface area contributed by atoms with E-state index >= 15 is 0 Å². The zero-order valence-electron chi connectivity index (χ0n) is 14.4. The number of ether oxygens (including phenoxy) is 2. The van der Waals surface area contributed by atoms with Gasteiger partial charge >= 0.3 is 5.97 Å². The molecular formula is C18H25NO5. The Labute approximate surface area is 142 Å². The molecule has 2 N–H and O–H groups in total. The topological polar surface area (TPSA) is 84.9 Å². The van der Waals surface area contributed by atoms with Gasteiger partial charge in [0.25, 0.3) is 0 Å². The summed E-state index contributed by atoms with van der Waals surface area (Å²) in [7, 11) is 0. The SMILES string of the molecule is CC(C)Oc1ccc(C(=O)O)cc1NC(=O)[C@H](C)C1CCOCC1. The fourth-order valence-electron chi connectivity index (χ4n) is 2.79. The number of carbonyl (C=O) groups excluding carboxylic acids is 1. The van der Waals surface area contributed by atoms with Crippen LogP contribution in [0.3, 0.4) is 0 Å². The van der Waals surface area contributed by atoms with Crippen molar-refractivity contribution < 1.29 is 24.2 Å². The third kappa shape index (κ3) is 4.71. The maximum absolute atomic E-state index is 12.6. The van der Waals surface area contributed by atoms with E-state index in [2.05, 4.69) is 5.32 Å². The van der Waals surface area contributed by atoms with Gasteiger partial charge in [0.1, 0.15) is 5.75 Å². The van der Waals surface area contributed by atoms with Crippen LogP contribution >= 0.6 is 0 Å². The molecule has 1 heterocycles. The molecule has 24 heavy (non-hydrogen) atoms. The Bertz CT molecular complexity index is 593. The van der Waals surface area contributed by atoms with E-state index in [1.807, 2.05) is 20.8 Å². The molecule has 0 radical (unpaired) electrons. The molecule has 0 unspecified atom stereocenters. The van der Waals surface area contributed by atoms with E-state index in [0.717, 1.165) is 12.8 Å². The molecule has 0 saturated carbocycles. The molecule has 1 saturated heterocycles. The van der Waals surface area contributed by atoms with Gasteiger partial charge in [-0.15, -0.1) is 0 Å². The lowest BCUT2D eigenvalue weighted by Gasteiger charge is -2.27. The lowest BCUT2D eigenvalue weighted by molar-refractivity contribution is -0.122. The van der Waals surface area contributed by atoms with Crippen molar-refractivity contribution >= 4 is 17.6 Å². The number of anilines is 1. The molecular weight excluding hydrogens is 310 g/mol. The van der Waals surface area contributed by atoms with Gasteiger partial charge in [0, 0.05) is 19.1 Å². The molecule has 0 spiro atoms. The molecule has 6 heteroatoms. The van der Waals surface area contributed by atoms with E-state index in [1.165, 1.54) is 12.1 Å². The minimum atomic E-state index is -1.04. The van der Waals surface area contributed by atoms with Gasteiger partial charge in [-0.2, -0.15) is 0 Å². The maximum Gasteiger partial charge on any atom is 0.335 e. The van der Waals surface area contributed by atoms with Gasteiger partial charge < -0.3 is 19.9 Å². The Kier molecular flexibility index (Phi) is 6.20. The third-order valence-electron chi connectivity index (χ3n) is 4.23. The molecule has 1 fully saturated rings. The van der Waals surface area contributed by atoms with Crippen LogP contribution in [-0.4, -0.2) is 36.3 Å². The highest BCUT2D eigenvalue weighted by Gasteiger charge is 2.26. The molecule has 1 aromatic rings. The van der Waals surface area contributed by atoms with Gasteiger partial charge in [0.05, 0.1) is 17.4 Å². The van der Waals surface area contributed by atoms with Crippen LogP contribution in [-0.2, 0) is 9.53 Å². The molecule has 1 atom stereocenters. The second-order valence-corrected chi connectivity index (χ2v) is 6.41. The van der Waals surface area contributed by atoms with Crippen molar-refractivity contribution in [1.82, 2.24) is 0 Å². The van der Waals surface area contributed by atoms with E-state index in [4.69, 9.17) is 14.6 Å². The van der Waals surface area contributed by atoms with Crippen LogP contribution in [0.1, 0.15) is 44.0 Å². The third-order valence-corrected chi connectivity index (χ3v) is 4.23. The number of hydrogen-bond donors (Lipinski definition) is 2. The molecule has 0 aromatic heterocycles. The predicted molar refractivity (Wildman–Crippen MR) is 90.5 cm³/mol. The zero-order chi connectivity index (χ0) is 17.7. The maximum atomic E-state index is 12.6. The van der Waals surface area contributed by atoms with Gasteiger partial charge in [0.15, 0.2) is 0 Å². The Balaban J connectivity index is 2.17. The number of carboxylic acid groups (broad SMARTS) is 1. The van der Waals surface area contributed by atoms with Crippen LogP contribution in [0.15, 0.2) is 18.2 Å². The first-order chi connectivity index (χ1) is 11.4. The van der Waals surface area contributed by atoms with Crippen LogP contribution in [0, 0.1) is 11.8 Å². The van der Waals surface area contributed by atoms with E-state index in [0.29, 0.717) is 24.7 Å². The van der Waals surface area contributed by atoms with Crippen molar-refractivity contribution in [3.05, 3.63) is 23.8 Å². The lowest BCUT2D eigenvalue weighted by Crippen LogP contribution is -2.31. The molecule has 1 amide bonds. The Morgan fingerprint density at radius 3 is 2.50 bits per heavy atom. The van der Waals surface area contributed by atoms with Crippen molar-refractivity contribution in [2.45, 2.75) is 39.7 Å². The standard InChI is InChI=1S/C18H25NO5/c1-11(2)24-16-5-4-14(18(21)22)10-15(16)19-17(20)12(3)13-6-8-23-9-7-13/h4-5,10-13H,6-9H2,1-3H3,(H,19,20)(H,21,22)/t12-/m1/s1. The molecule has 0 aliphatic carbocycles. The van der Waals surface area contributed by atoms with E-state index < -0.39 is 5.97 Å². The first kappa shape index (κ1) is 18.3. The quantitative estimate of drug-likeness (QED) is 0.834. The number of amides is 1. The summed E-state index contributed by atoms with van der Waals surface area (Å²) < 4.78 is 11.0. The highest BCUT2D eigenvalue weighted by molar-refractivity contribution is 5.96. The Morgan fingerprint density at radius 1 is 1.25 bits per heavy atom.